The molecule has 3 rings (SSSR count). The average Bonchev–Trinajstić information content (AvgIpc) is 2.65. The molecule has 0 bridgehead atoms. The molecule has 5 nitrogen and oxygen atoms in total. The number of carbonyl (C=O) groups is 2. The van der Waals surface area contributed by atoms with Gasteiger partial charge in [-0.1, -0.05) is 18.2 Å². The first kappa shape index (κ1) is 18.1. The quantitative estimate of drug-likeness (QED) is 0.567. The van der Waals surface area contributed by atoms with Crippen molar-refractivity contribution in [3.05, 3.63) is 87.3 Å². The van der Waals surface area contributed by atoms with Gasteiger partial charge in [-0.2, -0.15) is 0 Å². The highest BCUT2D eigenvalue weighted by atomic mass is 127. The number of aryl methyl sites for hydroxylation is 1. The largest absolute Gasteiger partial charge is 0.322 e. The number of nitrogens with zero attached hydrogens (tertiary/aromatic N) is 1. The molecule has 26 heavy (non-hydrogen) atoms. The molecule has 6 heteroatoms. The van der Waals surface area contributed by atoms with Gasteiger partial charge in [0.25, 0.3) is 11.8 Å². The summed E-state index contributed by atoms with van der Waals surface area (Å²) in [5.74, 6) is -0.456. The lowest BCUT2D eigenvalue weighted by Crippen LogP contribution is -2.15. The lowest BCUT2D eigenvalue weighted by Gasteiger charge is -2.10. The van der Waals surface area contributed by atoms with E-state index in [9.17, 15) is 9.59 Å². The van der Waals surface area contributed by atoms with E-state index in [0.29, 0.717) is 22.5 Å². The maximum Gasteiger partial charge on any atom is 0.256 e. The molecule has 130 valence electrons. The summed E-state index contributed by atoms with van der Waals surface area (Å²) in [6.45, 7) is 1.96. The highest BCUT2D eigenvalue weighted by Gasteiger charge is 2.13. The first-order valence-electron chi connectivity index (χ1n) is 7.92. The normalized spacial score (nSPS) is 10.2. The number of hydrogen-bond donors (Lipinski definition) is 2. The third kappa shape index (κ3) is 4.26. The number of carbonyl (C=O) groups excluding carboxylic acids is 2. The van der Waals surface area contributed by atoms with Gasteiger partial charge in [-0.25, -0.2) is 0 Å². The van der Waals surface area contributed by atoms with Crippen molar-refractivity contribution < 1.29 is 9.59 Å². The number of pyridine rings is 1. The van der Waals surface area contributed by atoms with Crippen LogP contribution in [0.25, 0.3) is 0 Å². The number of nitrogens with one attached hydrogen (secondary N) is 2. The topological polar surface area (TPSA) is 71.1 Å². The summed E-state index contributed by atoms with van der Waals surface area (Å²) < 4.78 is 0.911. The Labute approximate surface area is 165 Å². The van der Waals surface area contributed by atoms with Crippen LogP contribution in [0, 0.1) is 10.5 Å². The molecule has 1 heterocycles. The minimum absolute atomic E-state index is 0.204. The van der Waals surface area contributed by atoms with E-state index in [0.717, 1.165) is 9.13 Å². The summed E-state index contributed by atoms with van der Waals surface area (Å²) in [5, 5.41) is 5.65. The first-order chi connectivity index (χ1) is 12.5. The van der Waals surface area contributed by atoms with Gasteiger partial charge in [0.2, 0.25) is 0 Å². The molecule has 0 aliphatic carbocycles. The van der Waals surface area contributed by atoms with Crippen LogP contribution in [0.1, 0.15) is 26.3 Å². The van der Waals surface area contributed by atoms with Crippen LogP contribution >= 0.6 is 22.6 Å². The lowest BCUT2D eigenvalue weighted by atomic mass is 10.1. The van der Waals surface area contributed by atoms with Crippen molar-refractivity contribution in [1.82, 2.24) is 4.98 Å². The van der Waals surface area contributed by atoms with Gasteiger partial charge in [-0.3, -0.25) is 14.6 Å². The summed E-state index contributed by atoms with van der Waals surface area (Å²) in [7, 11) is 0. The third-order valence-corrected chi connectivity index (χ3v) is 5.19. The van der Waals surface area contributed by atoms with E-state index in [1.807, 2.05) is 19.1 Å². The number of benzene rings is 2. The summed E-state index contributed by atoms with van der Waals surface area (Å²) in [4.78, 5) is 28.8. The summed E-state index contributed by atoms with van der Waals surface area (Å²) in [6.07, 6.45) is 3.21. The number of hydrogen-bond acceptors (Lipinski definition) is 3. The monoisotopic (exact) mass is 457 g/mol. The fraction of sp³-hybridized carbons (Fsp3) is 0.0500. The molecule has 0 saturated heterocycles. The Balaban J connectivity index is 1.76. The van der Waals surface area contributed by atoms with E-state index in [4.69, 9.17) is 0 Å². The van der Waals surface area contributed by atoms with Crippen molar-refractivity contribution in [2.24, 2.45) is 0 Å². The van der Waals surface area contributed by atoms with Gasteiger partial charge in [-0.05, 0) is 71.5 Å². The predicted molar refractivity (Wildman–Crippen MR) is 110 cm³/mol. The van der Waals surface area contributed by atoms with Crippen molar-refractivity contribution in [3.8, 4) is 0 Å². The minimum atomic E-state index is -0.252. The average molecular weight is 457 g/mol. The van der Waals surface area contributed by atoms with E-state index >= 15 is 0 Å². The van der Waals surface area contributed by atoms with Gasteiger partial charge in [-0.15, -0.1) is 0 Å². The Hall–Kier alpha value is -2.74. The molecule has 0 aliphatic heterocycles. The summed E-state index contributed by atoms with van der Waals surface area (Å²) in [6, 6.07) is 15.9. The highest BCUT2D eigenvalue weighted by Crippen LogP contribution is 2.19. The minimum Gasteiger partial charge on any atom is -0.322 e. The van der Waals surface area contributed by atoms with Gasteiger partial charge < -0.3 is 10.6 Å². The van der Waals surface area contributed by atoms with Crippen molar-refractivity contribution in [1.29, 1.82) is 0 Å². The van der Waals surface area contributed by atoms with E-state index in [-0.39, 0.29) is 11.8 Å². The Bertz CT molecular complexity index is 958. The molecule has 0 atom stereocenters. The standard InChI is InChI=1S/C20H16IN3O2/c1-13-4-2-7-17(18(13)21)20(26)24-16-6-3-5-14(12-16)19(25)23-15-8-10-22-11-9-15/h2-12H,1H3,(H,24,26)(H,22,23,25). The highest BCUT2D eigenvalue weighted by molar-refractivity contribution is 14.1. The van der Waals surface area contributed by atoms with Crippen LogP contribution in [0.15, 0.2) is 67.0 Å². The lowest BCUT2D eigenvalue weighted by molar-refractivity contribution is 0.101. The zero-order valence-electron chi connectivity index (χ0n) is 14.0. The molecule has 0 aliphatic rings. The number of anilines is 2. The molecule has 0 radical (unpaired) electrons. The summed E-state index contributed by atoms with van der Waals surface area (Å²) >= 11 is 2.16. The van der Waals surface area contributed by atoms with E-state index in [2.05, 4.69) is 38.2 Å². The molecular weight excluding hydrogens is 441 g/mol. The SMILES string of the molecule is Cc1cccc(C(=O)Nc2cccc(C(=O)Nc3ccncc3)c2)c1I. The van der Waals surface area contributed by atoms with Crippen LogP contribution in [-0.4, -0.2) is 16.8 Å². The molecule has 2 aromatic carbocycles. The number of amides is 2. The van der Waals surface area contributed by atoms with E-state index in [1.54, 1.807) is 54.9 Å². The van der Waals surface area contributed by atoms with Crippen molar-refractivity contribution in [3.63, 3.8) is 0 Å². The Morgan fingerprint density at radius 3 is 2.35 bits per heavy atom. The fourth-order valence-corrected chi connectivity index (χ4v) is 3.00. The van der Waals surface area contributed by atoms with Crippen LogP contribution in [0.3, 0.4) is 0 Å². The summed E-state index contributed by atoms with van der Waals surface area (Å²) in [5.41, 5.74) is 3.34. The molecular formula is C20H16IN3O2. The second-order valence-corrected chi connectivity index (χ2v) is 6.74. The van der Waals surface area contributed by atoms with Gasteiger partial charge >= 0.3 is 0 Å². The Morgan fingerprint density at radius 1 is 0.885 bits per heavy atom. The molecule has 2 amide bonds. The van der Waals surface area contributed by atoms with E-state index in [1.165, 1.54) is 0 Å². The van der Waals surface area contributed by atoms with Crippen molar-refractivity contribution >= 4 is 45.8 Å². The second kappa shape index (κ2) is 8.09. The van der Waals surface area contributed by atoms with Crippen molar-refractivity contribution in [2.75, 3.05) is 10.6 Å². The van der Waals surface area contributed by atoms with Gasteiger partial charge in [0, 0.05) is 32.9 Å². The van der Waals surface area contributed by atoms with Gasteiger partial charge in [0.1, 0.15) is 0 Å². The molecule has 2 N–H and O–H groups in total. The van der Waals surface area contributed by atoms with Crippen LogP contribution < -0.4 is 10.6 Å². The maximum atomic E-state index is 12.5. The van der Waals surface area contributed by atoms with Gasteiger partial charge in [0.05, 0.1) is 5.56 Å². The molecule has 3 aromatic rings. The molecule has 0 unspecified atom stereocenters. The van der Waals surface area contributed by atoms with Crippen LogP contribution in [-0.2, 0) is 0 Å². The number of halogens is 1. The van der Waals surface area contributed by atoms with E-state index < -0.39 is 0 Å². The first-order valence-corrected chi connectivity index (χ1v) is 9.00. The Morgan fingerprint density at radius 2 is 1.58 bits per heavy atom. The zero-order valence-corrected chi connectivity index (χ0v) is 16.2. The van der Waals surface area contributed by atoms with Gasteiger partial charge in [0.15, 0.2) is 0 Å². The molecule has 1 aromatic heterocycles. The second-order valence-electron chi connectivity index (χ2n) is 5.66. The molecule has 0 spiro atoms. The molecule has 0 fully saturated rings. The predicted octanol–water partition coefficient (Wildman–Crippen LogP) is 4.50. The van der Waals surface area contributed by atoms with Crippen LogP contribution in [0.2, 0.25) is 0 Å². The zero-order chi connectivity index (χ0) is 18.5. The van der Waals surface area contributed by atoms with Crippen LogP contribution in [0.5, 0.6) is 0 Å². The number of aromatic nitrogens is 1. The third-order valence-electron chi connectivity index (χ3n) is 3.76. The maximum absolute atomic E-state index is 12.5. The Kier molecular flexibility index (Phi) is 5.62. The van der Waals surface area contributed by atoms with Crippen molar-refractivity contribution in [2.45, 2.75) is 6.92 Å². The fourth-order valence-electron chi connectivity index (χ4n) is 2.40. The van der Waals surface area contributed by atoms with Crippen LogP contribution in [0.4, 0.5) is 11.4 Å². The number of rotatable bonds is 4. The molecule has 0 saturated carbocycles. The smallest absolute Gasteiger partial charge is 0.256 e.